The minimum atomic E-state index is -4.28. The van der Waals surface area contributed by atoms with Crippen LogP contribution in [0.3, 0.4) is 0 Å². The molecule has 80 valence electrons. The van der Waals surface area contributed by atoms with Crippen molar-refractivity contribution in [1.82, 2.24) is 4.72 Å². The Hall–Kier alpha value is -0.820. The van der Waals surface area contributed by atoms with Gasteiger partial charge in [-0.05, 0) is 12.1 Å². The predicted octanol–water partition coefficient (Wildman–Crippen LogP) is 3.27. The summed E-state index contributed by atoms with van der Waals surface area (Å²) >= 11 is 0. The van der Waals surface area contributed by atoms with E-state index in [4.69, 9.17) is 0 Å². The molecule has 1 aromatic carbocycles. The lowest BCUT2D eigenvalue weighted by Gasteiger charge is -2.07. The summed E-state index contributed by atoms with van der Waals surface area (Å²) in [5.74, 6) is 0.596. The van der Waals surface area contributed by atoms with E-state index in [-0.39, 0.29) is 0 Å². The number of benzene rings is 1. The molecule has 7 heteroatoms. The zero-order chi connectivity index (χ0) is 10.9. The summed E-state index contributed by atoms with van der Waals surface area (Å²) in [6, 6.07) is 4.91. The molecule has 0 saturated carbocycles. The van der Waals surface area contributed by atoms with Crippen molar-refractivity contribution in [1.29, 1.82) is 0 Å². The Bertz CT molecular complexity index is 386. The van der Waals surface area contributed by atoms with E-state index < -0.39 is 11.7 Å². The first kappa shape index (κ1) is 10.7. The first-order chi connectivity index (χ1) is 7.07. The Kier molecular flexibility index (Phi) is 2.83. The zero-order valence-electron chi connectivity index (χ0n) is 7.21. The minimum Gasteiger partial charge on any atom is -0.303 e. The normalized spacial score (nSPS) is 16.1. The number of hydrogen-bond acceptors (Lipinski definition) is 4. The number of rotatable bonds is 1. The molecule has 0 unspecified atom stereocenters. The van der Waals surface area contributed by atoms with Gasteiger partial charge in [-0.25, -0.2) is 0 Å². The molecular formula is C8H5F3N2S2. The zero-order valence-corrected chi connectivity index (χ0v) is 8.84. The molecule has 0 aromatic heterocycles. The summed E-state index contributed by atoms with van der Waals surface area (Å²) in [4.78, 5) is 0. The molecule has 1 aliphatic heterocycles. The SMILES string of the molecule is FC(F)(F)c1ccc(C2=NSSN2)cc1. The first-order valence-electron chi connectivity index (χ1n) is 3.92. The Morgan fingerprint density at radius 1 is 1.13 bits per heavy atom. The van der Waals surface area contributed by atoms with E-state index in [1.807, 2.05) is 0 Å². The number of nitrogens with zero attached hydrogens (tertiary/aromatic N) is 1. The molecule has 0 aliphatic carbocycles. The third-order valence-electron chi connectivity index (χ3n) is 1.79. The van der Waals surface area contributed by atoms with Crippen molar-refractivity contribution in [3.63, 3.8) is 0 Å². The van der Waals surface area contributed by atoms with Crippen LogP contribution in [0.4, 0.5) is 13.2 Å². The maximum absolute atomic E-state index is 12.2. The van der Waals surface area contributed by atoms with Crippen LogP contribution in [0.1, 0.15) is 11.1 Å². The molecule has 1 aliphatic rings. The van der Waals surface area contributed by atoms with Gasteiger partial charge in [0.05, 0.1) is 16.5 Å². The molecule has 0 spiro atoms. The van der Waals surface area contributed by atoms with E-state index in [9.17, 15) is 13.2 Å². The quantitative estimate of drug-likeness (QED) is 0.611. The summed E-state index contributed by atoms with van der Waals surface area (Å²) in [7, 11) is 2.59. The van der Waals surface area contributed by atoms with Crippen molar-refractivity contribution in [3.8, 4) is 0 Å². The maximum atomic E-state index is 12.2. The third kappa shape index (κ3) is 2.40. The number of halogens is 3. The lowest BCUT2D eigenvalue weighted by molar-refractivity contribution is -0.137. The largest absolute Gasteiger partial charge is 0.416 e. The Balaban J connectivity index is 2.24. The molecular weight excluding hydrogens is 245 g/mol. The molecule has 0 radical (unpaired) electrons. The van der Waals surface area contributed by atoms with Gasteiger partial charge in [0.1, 0.15) is 0 Å². The summed E-state index contributed by atoms with van der Waals surface area (Å²) in [6.45, 7) is 0. The topological polar surface area (TPSA) is 24.4 Å². The summed E-state index contributed by atoms with van der Waals surface area (Å²) in [6.07, 6.45) is -4.28. The Morgan fingerprint density at radius 3 is 2.27 bits per heavy atom. The second-order valence-electron chi connectivity index (χ2n) is 2.77. The van der Waals surface area contributed by atoms with E-state index in [0.29, 0.717) is 11.4 Å². The van der Waals surface area contributed by atoms with Crippen LogP contribution in [0.2, 0.25) is 0 Å². The van der Waals surface area contributed by atoms with Gasteiger partial charge in [-0.1, -0.05) is 12.1 Å². The van der Waals surface area contributed by atoms with Crippen molar-refractivity contribution in [2.24, 2.45) is 4.40 Å². The van der Waals surface area contributed by atoms with Gasteiger partial charge in [-0.3, -0.25) is 0 Å². The third-order valence-corrected chi connectivity index (χ3v) is 3.10. The number of alkyl halides is 3. The minimum absolute atomic E-state index is 0.596. The second-order valence-corrected chi connectivity index (χ2v) is 4.42. The monoisotopic (exact) mass is 250 g/mol. The van der Waals surface area contributed by atoms with Gasteiger partial charge in [-0.15, -0.1) is 0 Å². The lowest BCUT2D eigenvalue weighted by atomic mass is 10.1. The molecule has 0 atom stereocenters. The van der Waals surface area contributed by atoms with Crippen LogP contribution in [-0.4, -0.2) is 5.84 Å². The van der Waals surface area contributed by atoms with Gasteiger partial charge in [0.2, 0.25) is 0 Å². The van der Waals surface area contributed by atoms with E-state index in [2.05, 4.69) is 9.12 Å². The van der Waals surface area contributed by atoms with Crippen LogP contribution in [0.25, 0.3) is 0 Å². The van der Waals surface area contributed by atoms with E-state index in [1.54, 1.807) is 0 Å². The van der Waals surface area contributed by atoms with E-state index >= 15 is 0 Å². The first-order valence-corrected chi connectivity index (χ1v) is 6.02. The van der Waals surface area contributed by atoms with Crippen molar-refractivity contribution in [3.05, 3.63) is 35.4 Å². The fourth-order valence-electron chi connectivity index (χ4n) is 1.06. The van der Waals surface area contributed by atoms with Gasteiger partial charge in [0.15, 0.2) is 5.84 Å². The van der Waals surface area contributed by atoms with Gasteiger partial charge in [-0.2, -0.15) is 17.6 Å². The standard InChI is InChI=1S/C8H5F3N2S2/c9-8(10,11)6-3-1-5(2-4-6)7-12-14-15-13-7/h1-4H,(H,12,13). The van der Waals surface area contributed by atoms with Gasteiger partial charge < -0.3 is 4.72 Å². The summed E-state index contributed by atoms with van der Waals surface area (Å²) in [5.41, 5.74) is 0.00523. The molecule has 15 heavy (non-hydrogen) atoms. The van der Waals surface area contributed by atoms with Crippen LogP contribution in [-0.2, 0) is 6.18 Å². The predicted molar refractivity (Wildman–Crippen MR) is 56.3 cm³/mol. The van der Waals surface area contributed by atoms with Crippen LogP contribution < -0.4 is 4.72 Å². The highest BCUT2D eigenvalue weighted by molar-refractivity contribution is 8.76. The van der Waals surface area contributed by atoms with Gasteiger partial charge in [0, 0.05) is 16.5 Å². The summed E-state index contributed by atoms with van der Waals surface area (Å²) < 4.78 is 43.6. The Morgan fingerprint density at radius 2 is 1.80 bits per heavy atom. The molecule has 0 fully saturated rings. The van der Waals surface area contributed by atoms with Crippen LogP contribution in [0.5, 0.6) is 0 Å². The molecule has 1 N–H and O–H groups in total. The smallest absolute Gasteiger partial charge is 0.303 e. The number of hydrogen-bond donors (Lipinski definition) is 1. The fraction of sp³-hybridized carbons (Fsp3) is 0.125. The highest BCUT2D eigenvalue weighted by Gasteiger charge is 2.30. The summed E-state index contributed by atoms with van der Waals surface area (Å²) in [5, 5.41) is 0. The molecule has 2 nitrogen and oxygen atoms in total. The van der Waals surface area contributed by atoms with E-state index in [0.717, 1.165) is 12.1 Å². The maximum Gasteiger partial charge on any atom is 0.416 e. The molecule has 0 saturated heterocycles. The highest BCUT2D eigenvalue weighted by Crippen LogP contribution is 2.30. The van der Waals surface area contributed by atoms with Crippen molar-refractivity contribution in [2.45, 2.75) is 6.18 Å². The van der Waals surface area contributed by atoms with Gasteiger partial charge in [0.25, 0.3) is 0 Å². The average molecular weight is 250 g/mol. The van der Waals surface area contributed by atoms with Crippen LogP contribution >= 0.6 is 22.0 Å². The molecule has 1 heterocycles. The Labute approximate surface area is 92.0 Å². The average Bonchev–Trinajstić information content (AvgIpc) is 2.69. The van der Waals surface area contributed by atoms with E-state index in [1.165, 1.54) is 34.1 Å². The van der Waals surface area contributed by atoms with Crippen molar-refractivity contribution >= 4 is 27.8 Å². The molecule has 1 aromatic rings. The second kappa shape index (κ2) is 3.97. The molecule has 0 bridgehead atoms. The number of nitrogens with one attached hydrogen (secondary N) is 1. The number of amidine groups is 1. The van der Waals surface area contributed by atoms with Crippen molar-refractivity contribution < 1.29 is 13.2 Å². The highest BCUT2D eigenvalue weighted by atomic mass is 33.1. The molecule has 0 amide bonds. The fourth-order valence-corrected chi connectivity index (χ4v) is 2.35. The van der Waals surface area contributed by atoms with Crippen molar-refractivity contribution in [2.75, 3.05) is 0 Å². The van der Waals surface area contributed by atoms with Crippen LogP contribution in [0.15, 0.2) is 28.7 Å². The molecule has 2 rings (SSSR count). The van der Waals surface area contributed by atoms with Crippen LogP contribution in [0, 0.1) is 0 Å². The lowest BCUT2D eigenvalue weighted by Crippen LogP contribution is -2.13. The van der Waals surface area contributed by atoms with Gasteiger partial charge >= 0.3 is 6.18 Å².